The molecule has 0 spiro atoms. The Kier molecular flexibility index (Phi) is 2.46. The largest absolute Gasteiger partial charge is 0.454 e. The molecule has 4 heterocycles. The third-order valence-electron chi connectivity index (χ3n) is 5.63. The second kappa shape index (κ2) is 4.87. The van der Waals surface area contributed by atoms with Crippen LogP contribution in [0.2, 0.25) is 0 Å². The second-order valence-electron chi connectivity index (χ2n) is 7.06. The van der Waals surface area contributed by atoms with E-state index in [1.54, 1.807) is 12.4 Å². The first-order valence-electron chi connectivity index (χ1n) is 9.16. The topological polar surface area (TPSA) is 52.1 Å². The van der Waals surface area contributed by atoms with Crippen LogP contribution in [0.3, 0.4) is 0 Å². The summed E-state index contributed by atoms with van der Waals surface area (Å²) in [6.07, 6.45) is 7.33. The van der Waals surface area contributed by atoms with Crippen LogP contribution in [0.1, 0.15) is 0 Å². The number of hydrogen-bond donors (Lipinski definition) is 0. The molecule has 0 amide bonds. The summed E-state index contributed by atoms with van der Waals surface area (Å²) in [6, 6.07) is 16.4. The van der Waals surface area contributed by atoms with Crippen LogP contribution in [-0.4, -0.2) is 9.97 Å². The third-order valence-corrected chi connectivity index (χ3v) is 5.63. The molecule has 0 aliphatic carbocycles. The molecule has 0 N–H and O–H groups in total. The van der Waals surface area contributed by atoms with Gasteiger partial charge in [0, 0.05) is 50.1 Å². The third kappa shape index (κ3) is 1.61. The van der Waals surface area contributed by atoms with Crippen molar-refractivity contribution in [2.45, 2.75) is 0 Å². The normalized spacial score (nSPS) is 12.3. The molecular formula is C24H12N2O2. The SMILES string of the molecule is c1ccc2c(c1)oc1cncc3c4cccc5oc6cnccc6c(c54)c2c13. The average molecular weight is 360 g/mol. The maximum atomic E-state index is 6.23. The standard InChI is InChI=1S/C24H12N2O2/c1-2-6-17-14(4-1)23-22-16(10-26-12-20(22)27-17)13-5-3-7-18-21(13)24(23)15-8-9-25-11-19(15)28-18/h1-12H. The van der Waals surface area contributed by atoms with E-state index in [-0.39, 0.29) is 0 Å². The van der Waals surface area contributed by atoms with Crippen molar-refractivity contribution < 1.29 is 8.83 Å². The maximum Gasteiger partial charge on any atom is 0.154 e. The molecule has 4 heteroatoms. The van der Waals surface area contributed by atoms with Crippen molar-refractivity contribution in [2.24, 2.45) is 0 Å². The Balaban J connectivity index is 2.02. The monoisotopic (exact) mass is 360 g/mol. The number of pyridine rings is 2. The van der Waals surface area contributed by atoms with Gasteiger partial charge in [-0.05, 0) is 23.6 Å². The van der Waals surface area contributed by atoms with Crippen LogP contribution in [0.5, 0.6) is 0 Å². The summed E-state index contributed by atoms with van der Waals surface area (Å²) in [6.45, 7) is 0. The zero-order chi connectivity index (χ0) is 18.2. The van der Waals surface area contributed by atoms with E-state index in [0.717, 1.165) is 54.6 Å². The van der Waals surface area contributed by atoms with Crippen molar-refractivity contribution in [1.29, 1.82) is 0 Å². The molecule has 3 aromatic carbocycles. The Morgan fingerprint density at radius 1 is 0.464 bits per heavy atom. The Bertz CT molecular complexity index is 1590. The molecular weight excluding hydrogens is 348 g/mol. The summed E-state index contributed by atoms with van der Waals surface area (Å²) >= 11 is 0. The number of fused-ring (bicyclic) bond motifs is 6. The van der Waals surface area contributed by atoms with E-state index in [2.05, 4.69) is 28.2 Å². The second-order valence-corrected chi connectivity index (χ2v) is 7.06. The van der Waals surface area contributed by atoms with Crippen LogP contribution in [0.25, 0.3) is 65.4 Å². The summed E-state index contributed by atoms with van der Waals surface area (Å²) < 4.78 is 12.4. The first-order valence-corrected chi connectivity index (χ1v) is 9.16. The highest BCUT2D eigenvalue weighted by Gasteiger charge is 2.20. The fourth-order valence-corrected chi connectivity index (χ4v) is 4.53. The Morgan fingerprint density at radius 3 is 2.14 bits per heavy atom. The minimum atomic E-state index is 0.776. The molecule has 28 heavy (non-hydrogen) atoms. The van der Waals surface area contributed by atoms with E-state index in [0.29, 0.717) is 0 Å². The van der Waals surface area contributed by atoms with E-state index < -0.39 is 0 Å². The van der Waals surface area contributed by atoms with Gasteiger partial charge in [0.2, 0.25) is 0 Å². The van der Waals surface area contributed by atoms with Gasteiger partial charge in [0.15, 0.2) is 11.2 Å². The van der Waals surface area contributed by atoms with Gasteiger partial charge in [-0.25, -0.2) is 0 Å². The lowest BCUT2D eigenvalue weighted by Crippen LogP contribution is -1.91. The number of rotatable bonds is 0. The molecule has 0 radical (unpaired) electrons. The molecule has 7 aromatic rings. The highest BCUT2D eigenvalue weighted by molar-refractivity contribution is 6.39. The van der Waals surface area contributed by atoms with Gasteiger partial charge in [-0.15, -0.1) is 0 Å². The number of aromatic nitrogens is 2. The molecule has 0 saturated carbocycles. The summed E-state index contributed by atoms with van der Waals surface area (Å²) in [5.41, 5.74) is 3.26. The van der Waals surface area contributed by atoms with Crippen molar-refractivity contribution in [3.05, 3.63) is 73.3 Å². The smallest absolute Gasteiger partial charge is 0.154 e. The Hall–Kier alpha value is -3.92. The van der Waals surface area contributed by atoms with Gasteiger partial charge < -0.3 is 8.83 Å². The van der Waals surface area contributed by atoms with E-state index in [4.69, 9.17) is 8.83 Å². The van der Waals surface area contributed by atoms with Crippen molar-refractivity contribution in [3.8, 4) is 0 Å². The number of hydrogen-bond acceptors (Lipinski definition) is 4. The van der Waals surface area contributed by atoms with Crippen LogP contribution in [0.4, 0.5) is 0 Å². The van der Waals surface area contributed by atoms with Crippen LogP contribution in [0.15, 0.2) is 82.2 Å². The molecule has 0 fully saturated rings. The number of benzene rings is 3. The molecule has 130 valence electrons. The minimum Gasteiger partial charge on any atom is -0.454 e. The average Bonchev–Trinajstić information content (AvgIpc) is 2.75. The maximum absolute atomic E-state index is 6.23. The minimum absolute atomic E-state index is 0.776. The summed E-state index contributed by atoms with van der Waals surface area (Å²) in [5, 5.41) is 8.87. The van der Waals surface area contributed by atoms with E-state index >= 15 is 0 Å². The first kappa shape index (κ1) is 14.2. The van der Waals surface area contributed by atoms with E-state index in [1.165, 1.54) is 10.8 Å². The van der Waals surface area contributed by atoms with Crippen molar-refractivity contribution in [2.75, 3.05) is 0 Å². The number of para-hydroxylation sites is 1. The highest BCUT2D eigenvalue weighted by atomic mass is 16.3. The quantitative estimate of drug-likeness (QED) is 0.226. The molecule has 0 saturated heterocycles. The molecule has 4 nitrogen and oxygen atoms in total. The molecule has 0 atom stereocenters. The van der Waals surface area contributed by atoms with Crippen LogP contribution in [-0.2, 0) is 0 Å². The van der Waals surface area contributed by atoms with Gasteiger partial charge in [-0.1, -0.05) is 30.3 Å². The molecule has 0 aliphatic rings. The van der Waals surface area contributed by atoms with Crippen molar-refractivity contribution in [3.63, 3.8) is 0 Å². The first-order chi connectivity index (χ1) is 13.9. The molecule has 0 unspecified atom stereocenters. The van der Waals surface area contributed by atoms with E-state index in [1.807, 2.05) is 42.7 Å². The molecule has 4 aromatic heterocycles. The van der Waals surface area contributed by atoms with Gasteiger partial charge >= 0.3 is 0 Å². The van der Waals surface area contributed by atoms with Gasteiger partial charge in [0.05, 0.1) is 12.4 Å². The lowest BCUT2D eigenvalue weighted by Gasteiger charge is -2.16. The van der Waals surface area contributed by atoms with Gasteiger partial charge in [0.25, 0.3) is 0 Å². The van der Waals surface area contributed by atoms with Crippen LogP contribution >= 0.6 is 0 Å². The van der Waals surface area contributed by atoms with Gasteiger partial charge in [-0.3, -0.25) is 9.97 Å². The summed E-state index contributed by atoms with van der Waals surface area (Å²) in [5.74, 6) is 0. The molecule has 0 bridgehead atoms. The summed E-state index contributed by atoms with van der Waals surface area (Å²) in [4.78, 5) is 8.72. The predicted molar refractivity (Wildman–Crippen MR) is 112 cm³/mol. The zero-order valence-electron chi connectivity index (χ0n) is 14.6. The zero-order valence-corrected chi connectivity index (χ0v) is 14.6. The predicted octanol–water partition coefficient (Wildman–Crippen LogP) is 6.58. The van der Waals surface area contributed by atoms with Gasteiger partial charge in [0.1, 0.15) is 11.2 Å². The lowest BCUT2D eigenvalue weighted by atomic mass is 9.91. The lowest BCUT2D eigenvalue weighted by molar-refractivity contribution is 0.658. The fraction of sp³-hybridized carbons (Fsp3) is 0. The summed E-state index contributed by atoms with van der Waals surface area (Å²) in [7, 11) is 0. The van der Waals surface area contributed by atoms with E-state index in [9.17, 15) is 0 Å². The van der Waals surface area contributed by atoms with Crippen LogP contribution in [0, 0.1) is 0 Å². The molecule has 0 aliphatic heterocycles. The molecule has 7 rings (SSSR count). The Labute approximate surface area is 158 Å². The fourth-order valence-electron chi connectivity index (χ4n) is 4.53. The van der Waals surface area contributed by atoms with Crippen molar-refractivity contribution in [1.82, 2.24) is 9.97 Å². The highest BCUT2D eigenvalue weighted by Crippen LogP contribution is 2.45. The van der Waals surface area contributed by atoms with Crippen molar-refractivity contribution >= 4 is 65.4 Å². The number of nitrogens with zero attached hydrogens (tertiary/aromatic N) is 2. The Morgan fingerprint density at radius 2 is 1.18 bits per heavy atom. The van der Waals surface area contributed by atoms with Gasteiger partial charge in [-0.2, -0.15) is 0 Å². The van der Waals surface area contributed by atoms with Crippen LogP contribution < -0.4 is 0 Å².